The third kappa shape index (κ3) is 6.69. The summed E-state index contributed by atoms with van der Waals surface area (Å²) in [6.07, 6.45) is 1.25. The van der Waals surface area contributed by atoms with Crippen molar-refractivity contribution in [3.8, 4) is 17.2 Å². The van der Waals surface area contributed by atoms with Gasteiger partial charge in [-0.3, -0.25) is 25.0 Å². The molecule has 0 spiro atoms. The van der Waals surface area contributed by atoms with Crippen LogP contribution in [0.25, 0.3) is 6.08 Å². The Balaban J connectivity index is 1.37. The Morgan fingerprint density at radius 2 is 1.57 bits per heavy atom. The molecule has 0 aliphatic carbocycles. The summed E-state index contributed by atoms with van der Waals surface area (Å²) in [7, 11) is 1.53. The Bertz CT molecular complexity index is 1790. The van der Waals surface area contributed by atoms with E-state index >= 15 is 0 Å². The SMILES string of the molecule is COc1cc(COc2ccc(Cl)cc2/C=C2/C(=O)NC(=O)N(c3cccc([N+](=O)[O-])c3)C2=O)ccc1OCc1ccccc1. The van der Waals surface area contributed by atoms with Gasteiger partial charge in [-0.2, -0.15) is 0 Å². The second-order valence-electron chi connectivity index (χ2n) is 9.47. The van der Waals surface area contributed by atoms with Crippen LogP contribution in [0.3, 0.4) is 0 Å². The molecule has 4 aromatic carbocycles. The average Bonchev–Trinajstić information content (AvgIpc) is 3.02. The second kappa shape index (κ2) is 13.1. The zero-order valence-corrected chi connectivity index (χ0v) is 23.9. The number of barbiturate groups is 1. The fourth-order valence-corrected chi connectivity index (χ4v) is 4.55. The number of non-ortho nitro benzene ring substituents is 1. The lowest BCUT2D eigenvalue weighted by molar-refractivity contribution is -0.384. The highest BCUT2D eigenvalue weighted by Gasteiger charge is 2.37. The third-order valence-corrected chi connectivity index (χ3v) is 6.77. The predicted octanol–water partition coefficient (Wildman–Crippen LogP) is 6.08. The first kappa shape index (κ1) is 29.8. The molecule has 1 fully saturated rings. The number of carbonyl (C=O) groups is 3. The minimum Gasteiger partial charge on any atom is -0.493 e. The number of nitrogens with one attached hydrogen (secondary N) is 1. The smallest absolute Gasteiger partial charge is 0.335 e. The van der Waals surface area contributed by atoms with Crippen molar-refractivity contribution in [1.82, 2.24) is 5.32 Å². The number of halogens is 1. The number of imide groups is 2. The molecule has 0 atom stereocenters. The van der Waals surface area contributed by atoms with Crippen LogP contribution in [0, 0.1) is 10.1 Å². The summed E-state index contributed by atoms with van der Waals surface area (Å²) >= 11 is 6.22. The van der Waals surface area contributed by atoms with E-state index in [0.29, 0.717) is 39.3 Å². The van der Waals surface area contributed by atoms with Gasteiger partial charge in [-0.25, -0.2) is 9.69 Å². The summed E-state index contributed by atoms with van der Waals surface area (Å²) < 4.78 is 17.5. The lowest BCUT2D eigenvalue weighted by Crippen LogP contribution is -2.54. The van der Waals surface area contributed by atoms with Gasteiger partial charge in [0.15, 0.2) is 11.5 Å². The van der Waals surface area contributed by atoms with E-state index in [2.05, 4.69) is 5.32 Å². The molecule has 0 bridgehead atoms. The number of amides is 4. The van der Waals surface area contributed by atoms with Crippen molar-refractivity contribution in [1.29, 1.82) is 0 Å². The van der Waals surface area contributed by atoms with Crippen molar-refractivity contribution < 1.29 is 33.5 Å². The van der Waals surface area contributed by atoms with Crippen LogP contribution in [0.2, 0.25) is 5.02 Å². The van der Waals surface area contributed by atoms with Crippen molar-refractivity contribution in [2.45, 2.75) is 13.2 Å². The second-order valence-corrected chi connectivity index (χ2v) is 9.90. The molecule has 11 nitrogen and oxygen atoms in total. The Kier molecular flexibility index (Phi) is 8.87. The molecule has 0 unspecified atom stereocenters. The first-order chi connectivity index (χ1) is 21.2. The summed E-state index contributed by atoms with van der Waals surface area (Å²) in [5, 5.41) is 13.6. The van der Waals surface area contributed by atoms with Gasteiger partial charge in [0.05, 0.1) is 17.7 Å². The van der Waals surface area contributed by atoms with Crippen molar-refractivity contribution in [2.75, 3.05) is 12.0 Å². The number of anilines is 1. The Morgan fingerprint density at radius 1 is 0.841 bits per heavy atom. The van der Waals surface area contributed by atoms with E-state index in [4.69, 9.17) is 25.8 Å². The number of nitro benzene ring substituents is 1. The molecule has 222 valence electrons. The van der Waals surface area contributed by atoms with Gasteiger partial charge < -0.3 is 14.2 Å². The van der Waals surface area contributed by atoms with Crippen molar-refractivity contribution >= 4 is 46.9 Å². The number of benzene rings is 4. The maximum absolute atomic E-state index is 13.4. The highest BCUT2D eigenvalue weighted by molar-refractivity contribution is 6.39. The highest BCUT2D eigenvalue weighted by atomic mass is 35.5. The number of methoxy groups -OCH3 is 1. The molecule has 5 rings (SSSR count). The van der Waals surface area contributed by atoms with E-state index in [1.807, 2.05) is 36.4 Å². The van der Waals surface area contributed by atoms with Crippen LogP contribution in [-0.2, 0) is 22.8 Å². The lowest BCUT2D eigenvalue weighted by Gasteiger charge is -2.26. The number of nitrogens with zero attached hydrogens (tertiary/aromatic N) is 2. The average molecular weight is 614 g/mol. The summed E-state index contributed by atoms with van der Waals surface area (Å²) in [6, 6.07) is 23.7. The molecule has 0 radical (unpaired) electrons. The number of carbonyl (C=O) groups excluding carboxylic acids is 3. The van der Waals surface area contributed by atoms with Crippen LogP contribution < -0.4 is 24.4 Å². The van der Waals surface area contributed by atoms with E-state index in [0.717, 1.165) is 17.2 Å². The zero-order valence-electron chi connectivity index (χ0n) is 23.2. The standard InChI is InChI=1S/C32H24ClN3O8/c1-42-29-14-21(10-12-28(29)44-18-20-6-3-2-4-7-20)19-43-27-13-11-23(33)15-22(27)16-26-30(37)34-32(39)35(31(26)38)24-8-5-9-25(17-24)36(40)41/h2-17H,18-19H2,1H3,(H,34,37,39)/b26-16-. The molecule has 1 aliphatic rings. The summed E-state index contributed by atoms with van der Waals surface area (Å²) in [4.78, 5) is 49.9. The normalized spacial score (nSPS) is 13.9. The lowest BCUT2D eigenvalue weighted by atomic mass is 10.1. The molecule has 1 N–H and O–H groups in total. The van der Waals surface area contributed by atoms with Crippen LogP contribution in [-0.4, -0.2) is 29.9 Å². The molecule has 1 saturated heterocycles. The number of hydrogen-bond acceptors (Lipinski definition) is 8. The topological polar surface area (TPSA) is 137 Å². The van der Waals surface area contributed by atoms with Gasteiger partial charge in [-0.15, -0.1) is 0 Å². The summed E-state index contributed by atoms with van der Waals surface area (Å²) in [5.41, 5.74) is 1.24. The van der Waals surface area contributed by atoms with E-state index < -0.39 is 28.3 Å². The number of nitro groups is 1. The molecule has 1 heterocycles. The Morgan fingerprint density at radius 3 is 2.32 bits per heavy atom. The third-order valence-electron chi connectivity index (χ3n) is 6.53. The van der Waals surface area contributed by atoms with Crippen molar-refractivity contribution in [3.05, 3.63) is 128 Å². The molecule has 44 heavy (non-hydrogen) atoms. The van der Waals surface area contributed by atoms with Gasteiger partial charge in [0.1, 0.15) is 24.5 Å². The largest absolute Gasteiger partial charge is 0.493 e. The molecule has 0 aromatic heterocycles. The molecule has 4 amide bonds. The minimum absolute atomic E-state index is 0.0761. The summed E-state index contributed by atoms with van der Waals surface area (Å²) in [6.45, 7) is 0.456. The molecule has 1 aliphatic heterocycles. The van der Waals surface area contributed by atoms with Crippen molar-refractivity contribution in [3.63, 3.8) is 0 Å². The Labute approximate surface area is 256 Å². The number of rotatable bonds is 10. The van der Waals surface area contributed by atoms with Gasteiger partial charge in [-0.05, 0) is 53.6 Å². The highest BCUT2D eigenvalue weighted by Crippen LogP contribution is 2.32. The summed E-state index contributed by atoms with van der Waals surface area (Å²) in [5.74, 6) is -0.549. The van der Waals surface area contributed by atoms with E-state index in [9.17, 15) is 24.5 Å². The van der Waals surface area contributed by atoms with E-state index in [-0.39, 0.29) is 18.0 Å². The fourth-order valence-electron chi connectivity index (χ4n) is 4.37. The molecular weight excluding hydrogens is 590 g/mol. The van der Waals surface area contributed by atoms with Crippen molar-refractivity contribution in [2.24, 2.45) is 0 Å². The first-order valence-electron chi connectivity index (χ1n) is 13.2. The number of hydrogen-bond donors (Lipinski definition) is 1. The van der Waals surface area contributed by atoms with E-state index in [1.54, 1.807) is 24.3 Å². The molecule has 4 aromatic rings. The fraction of sp³-hybridized carbons (Fsp3) is 0.0938. The van der Waals surface area contributed by atoms with Gasteiger partial charge in [0.2, 0.25) is 0 Å². The molecular formula is C32H24ClN3O8. The predicted molar refractivity (Wildman–Crippen MR) is 162 cm³/mol. The van der Waals surface area contributed by atoms with Crippen LogP contribution in [0.4, 0.5) is 16.2 Å². The molecule has 0 saturated carbocycles. The maximum Gasteiger partial charge on any atom is 0.335 e. The number of urea groups is 1. The van der Waals surface area contributed by atoms with Gasteiger partial charge >= 0.3 is 6.03 Å². The monoisotopic (exact) mass is 613 g/mol. The van der Waals surface area contributed by atoms with Crippen LogP contribution in [0.1, 0.15) is 16.7 Å². The van der Waals surface area contributed by atoms with Crippen LogP contribution in [0.5, 0.6) is 17.2 Å². The molecule has 12 heteroatoms. The Hall–Kier alpha value is -5.68. The van der Waals surface area contributed by atoms with E-state index in [1.165, 1.54) is 37.5 Å². The maximum atomic E-state index is 13.4. The minimum atomic E-state index is -1.04. The quantitative estimate of drug-likeness (QED) is 0.0983. The first-order valence-corrected chi connectivity index (χ1v) is 13.5. The van der Waals surface area contributed by atoms with Crippen LogP contribution in [0.15, 0.2) is 96.6 Å². The zero-order chi connectivity index (χ0) is 31.2. The number of ether oxygens (including phenoxy) is 3. The van der Waals surface area contributed by atoms with Gasteiger partial charge in [0.25, 0.3) is 17.5 Å². The van der Waals surface area contributed by atoms with Crippen LogP contribution >= 0.6 is 11.6 Å². The van der Waals surface area contributed by atoms with Gasteiger partial charge in [-0.1, -0.05) is 54.1 Å². The van der Waals surface area contributed by atoms with Gasteiger partial charge in [0, 0.05) is 22.7 Å².